The van der Waals surface area contributed by atoms with Gasteiger partial charge >= 0.3 is 0 Å². The summed E-state index contributed by atoms with van der Waals surface area (Å²) >= 11 is 0. The van der Waals surface area contributed by atoms with Crippen molar-refractivity contribution in [1.29, 1.82) is 0 Å². The second kappa shape index (κ2) is 6.96. The maximum absolute atomic E-state index is 10.1. The Morgan fingerprint density at radius 1 is 1.16 bits per heavy atom. The summed E-state index contributed by atoms with van der Waals surface area (Å²) in [6.07, 6.45) is 7.09. The molecule has 0 aliphatic rings. The molecule has 4 nitrogen and oxygen atoms in total. The lowest BCUT2D eigenvalue weighted by molar-refractivity contribution is -0.104. The van der Waals surface area contributed by atoms with Gasteiger partial charge in [0, 0.05) is 6.07 Å². The number of hydrogen-bond acceptors (Lipinski definition) is 4. The summed E-state index contributed by atoms with van der Waals surface area (Å²) in [5.74, 6) is 1.00. The lowest BCUT2D eigenvalue weighted by atomic mass is 10.2. The first kappa shape index (κ1) is 12.8. The van der Waals surface area contributed by atoms with Crippen LogP contribution >= 0.6 is 0 Å². The lowest BCUT2D eigenvalue weighted by Crippen LogP contribution is -1.94. The monoisotopic (exact) mass is 255 g/mol. The van der Waals surface area contributed by atoms with Gasteiger partial charge in [-0.05, 0) is 22.9 Å². The average molecular weight is 255 g/mol. The number of allylic oxidation sites excluding steroid dienone is 3. The van der Waals surface area contributed by atoms with Crippen molar-refractivity contribution >= 4 is 12.4 Å². The molecule has 2 rings (SSSR count). The molecule has 1 heterocycles. The highest BCUT2D eigenvalue weighted by molar-refractivity contribution is 5.66. The third kappa shape index (κ3) is 4.27. The molecule has 0 saturated heterocycles. The Hall–Kier alpha value is -2.62. The zero-order valence-electron chi connectivity index (χ0n) is 10.2. The SMILES string of the molecule is O=C/C=C/C=C/c1cc(OCc2ccccc2)no1. The first-order chi connectivity index (χ1) is 9.38. The standard InChI is InChI=1S/C15H13NO3/c17-10-6-2-5-9-14-11-15(16-19-14)18-12-13-7-3-1-4-8-13/h1-11H,12H2/b6-2+,9-5+. The summed E-state index contributed by atoms with van der Waals surface area (Å²) in [6.45, 7) is 0.446. The number of aldehydes is 1. The molecule has 0 radical (unpaired) electrons. The Labute approximate surface area is 111 Å². The zero-order chi connectivity index (χ0) is 13.3. The number of carbonyl (C=O) groups is 1. The van der Waals surface area contributed by atoms with E-state index in [1.807, 2.05) is 30.3 Å². The molecule has 19 heavy (non-hydrogen) atoms. The Bertz CT molecular complexity index is 570. The van der Waals surface area contributed by atoms with Crippen molar-refractivity contribution in [3.8, 4) is 5.88 Å². The Morgan fingerprint density at radius 2 is 2.00 bits per heavy atom. The molecule has 0 unspecified atom stereocenters. The molecule has 0 aliphatic heterocycles. The zero-order valence-corrected chi connectivity index (χ0v) is 10.2. The highest BCUT2D eigenvalue weighted by Gasteiger charge is 2.02. The highest BCUT2D eigenvalue weighted by atomic mass is 16.5. The van der Waals surface area contributed by atoms with Crippen LogP contribution in [-0.4, -0.2) is 11.4 Å². The topological polar surface area (TPSA) is 52.3 Å². The lowest BCUT2D eigenvalue weighted by Gasteiger charge is -2.00. The van der Waals surface area contributed by atoms with Gasteiger partial charge in [0.1, 0.15) is 12.9 Å². The molecule has 0 N–H and O–H groups in total. The summed E-state index contributed by atoms with van der Waals surface area (Å²) in [7, 11) is 0. The second-order valence-corrected chi connectivity index (χ2v) is 3.72. The number of aromatic nitrogens is 1. The maximum atomic E-state index is 10.1. The fourth-order valence-electron chi connectivity index (χ4n) is 1.41. The van der Waals surface area contributed by atoms with Crippen molar-refractivity contribution in [1.82, 2.24) is 5.16 Å². The third-order valence-corrected chi connectivity index (χ3v) is 2.30. The molecule has 4 heteroatoms. The van der Waals surface area contributed by atoms with Crippen LogP contribution in [0.1, 0.15) is 11.3 Å². The second-order valence-electron chi connectivity index (χ2n) is 3.72. The van der Waals surface area contributed by atoms with Gasteiger partial charge in [-0.25, -0.2) is 0 Å². The molecule has 0 fully saturated rings. The highest BCUT2D eigenvalue weighted by Crippen LogP contribution is 2.14. The molecule has 0 bridgehead atoms. The fraction of sp³-hybridized carbons (Fsp3) is 0.0667. The maximum Gasteiger partial charge on any atom is 0.255 e. The first-order valence-corrected chi connectivity index (χ1v) is 5.80. The van der Waals surface area contributed by atoms with Crippen LogP contribution in [0.25, 0.3) is 6.08 Å². The van der Waals surface area contributed by atoms with Gasteiger partial charge in [-0.3, -0.25) is 4.79 Å². The van der Waals surface area contributed by atoms with Gasteiger partial charge in [0.25, 0.3) is 5.88 Å². The van der Waals surface area contributed by atoms with Crippen LogP contribution in [0.3, 0.4) is 0 Å². The van der Waals surface area contributed by atoms with Crippen molar-refractivity contribution in [2.45, 2.75) is 6.61 Å². The number of nitrogens with zero attached hydrogens (tertiary/aromatic N) is 1. The van der Waals surface area contributed by atoms with Crippen molar-refractivity contribution in [3.63, 3.8) is 0 Å². The summed E-state index contributed by atoms with van der Waals surface area (Å²) in [6, 6.07) is 11.5. The van der Waals surface area contributed by atoms with E-state index in [0.717, 1.165) is 5.56 Å². The fourth-order valence-corrected chi connectivity index (χ4v) is 1.41. The summed E-state index contributed by atoms with van der Waals surface area (Å²) < 4.78 is 10.5. The Morgan fingerprint density at radius 3 is 2.79 bits per heavy atom. The molecule has 0 saturated carbocycles. The average Bonchev–Trinajstić information content (AvgIpc) is 2.91. The van der Waals surface area contributed by atoms with Gasteiger partial charge in [0.05, 0.1) is 0 Å². The van der Waals surface area contributed by atoms with Crippen molar-refractivity contribution in [2.75, 3.05) is 0 Å². The van der Waals surface area contributed by atoms with Gasteiger partial charge in [0.2, 0.25) is 0 Å². The molecule has 0 spiro atoms. The molecular formula is C15H13NO3. The van der Waals surface area contributed by atoms with Gasteiger partial charge in [-0.15, -0.1) is 0 Å². The third-order valence-electron chi connectivity index (χ3n) is 2.30. The van der Waals surface area contributed by atoms with E-state index < -0.39 is 0 Å². The molecule has 0 atom stereocenters. The molecule has 96 valence electrons. The summed E-state index contributed by atoms with van der Waals surface area (Å²) in [5.41, 5.74) is 1.07. The summed E-state index contributed by atoms with van der Waals surface area (Å²) in [4.78, 5) is 10.1. The smallest absolute Gasteiger partial charge is 0.255 e. The number of benzene rings is 1. The summed E-state index contributed by atoms with van der Waals surface area (Å²) in [5, 5.41) is 3.79. The van der Waals surface area contributed by atoms with Crippen molar-refractivity contribution < 1.29 is 14.1 Å². The van der Waals surface area contributed by atoms with Crippen LogP contribution in [0.5, 0.6) is 5.88 Å². The molecule has 1 aromatic heterocycles. The van der Waals surface area contributed by atoms with E-state index >= 15 is 0 Å². The van der Waals surface area contributed by atoms with Crippen molar-refractivity contribution in [2.24, 2.45) is 0 Å². The van der Waals surface area contributed by atoms with E-state index in [1.165, 1.54) is 6.08 Å². The molecule has 2 aromatic rings. The minimum atomic E-state index is 0.433. The molecular weight excluding hydrogens is 242 g/mol. The van der Waals surface area contributed by atoms with Gasteiger partial charge < -0.3 is 9.26 Å². The minimum Gasteiger partial charge on any atom is -0.471 e. The van der Waals surface area contributed by atoms with Crippen LogP contribution in [0.15, 0.2) is 59.1 Å². The molecule has 0 aliphatic carbocycles. The Kier molecular flexibility index (Phi) is 4.70. The Balaban J connectivity index is 1.89. The van der Waals surface area contributed by atoms with Gasteiger partial charge in [-0.1, -0.05) is 42.5 Å². The van der Waals surface area contributed by atoms with Gasteiger partial charge in [-0.2, -0.15) is 0 Å². The van der Waals surface area contributed by atoms with E-state index in [2.05, 4.69) is 5.16 Å². The molecule has 0 amide bonds. The largest absolute Gasteiger partial charge is 0.471 e. The van der Waals surface area contributed by atoms with E-state index in [4.69, 9.17) is 9.26 Å². The van der Waals surface area contributed by atoms with Gasteiger partial charge in [0.15, 0.2) is 5.76 Å². The predicted octanol–water partition coefficient (Wildman–Crippen LogP) is 3.02. The van der Waals surface area contributed by atoms with Crippen LogP contribution < -0.4 is 4.74 Å². The number of carbonyl (C=O) groups excluding carboxylic acids is 1. The van der Waals surface area contributed by atoms with Crippen LogP contribution in [0, 0.1) is 0 Å². The minimum absolute atomic E-state index is 0.433. The number of hydrogen-bond donors (Lipinski definition) is 0. The van der Waals surface area contributed by atoms with Crippen LogP contribution in [-0.2, 0) is 11.4 Å². The van der Waals surface area contributed by atoms with Crippen LogP contribution in [0.4, 0.5) is 0 Å². The number of ether oxygens (including phenoxy) is 1. The molecule has 1 aromatic carbocycles. The van der Waals surface area contributed by atoms with Crippen molar-refractivity contribution in [3.05, 3.63) is 65.9 Å². The van der Waals surface area contributed by atoms with E-state index in [1.54, 1.807) is 24.3 Å². The quantitative estimate of drug-likeness (QED) is 0.452. The number of rotatable bonds is 6. The van der Waals surface area contributed by atoms with E-state index in [0.29, 0.717) is 24.5 Å². The van der Waals surface area contributed by atoms with E-state index in [-0.39, 0.29) is 0 Å². The normalized spacial score (nSPS) is 11.2. The predicted molar refractivity (Wildman–Crippen MR) is 71.5 cm³/mol. The first-order valence-electron chi connectivity index (χ1n) is 5.80. The van der Waals surface area contributed by atoms with Crippen LogP contribution in [0.2, 0.25) is 0 Å². The van der Waals surface area contributed by atoms with E-state index in [9.17, 15) is 4.79 Å².